The van der Waals surface area contributed by atoms with Crippen molar-refractivity contribution in [2.75, 3.05) is 12.9 Å². The van der Waals surface area contributed by atoms with Gasteiger partial charge in [0, 0.05) is 11.3 Å². The number of ether oxygens (including phenoxy) is 1. The van der Waals surface area contributed by atoms with E-state index in [9.17, 15) is 9.59 Å². The van der Waals surface area contributed by atoms with Crippen molar-refractivity contribution in [3.05, 3.63) is 99.9 Å². The van der Waals surface area contributed by atoms with Crippen LogP contribution in [0.5, 0.6) is 5.75 Å². The van der Waals surface area contributed by atoms with E-state index in [2.05, 4.69) is 10.2 Å². The molecular formula is C25H20N4O3S2. The van der Waals surface area contributed by atoms with Gasteiger partial charge in [-0.05, 0) is 36.4 Å². The number of thiazole rings is 1. The number of nitrogens with zero attached hydrogens (tertiary/aromatic N) is 4. The molecule has 34 heavy (non-hydrogen) atoms. The largest absolute Gasteiger partial charge is 0.497 e. The molecule has 2 aromatic heterocycles. The van der Waals surface area contributed by atoms with Gasteiger partial charge in [-0.2, -0.15) is 0 Å². The van der Waals surface area contributed by atoms with E-state index in [1.54, 1.807) is 23.8 Å². The van der Waals surface area contributed by atoms with Crippen LogP contribution in [-0.2, 0) is 6.54 Å². The van der Waals surface area contributed by atoms with Crippen molar-refractivity contribution >= 4 is 39.1 Å². The number of thioether (sulfide) groups is 1. The number of Topliss-reactive ketones (excluding diaryl/α,β-unsaturated/α-hetero) is 1. The van der Waals surface area contributed by atoms with Crippen molar-refractivity contribution in [3.8, 4) is 11.4 Å². The zero-order chi connectivity index (χ0) is 23.5. The van der Waals surface area contributed by atoms with E-state index in [-0.39, 0.29) is 23.0 Å². The summed E-state index contributed by atoms with van der Waals surface area (Å²) in [5, 5.41) is 9.36. The molecule has 0 fully saturated rings. The summed E-state index contributed by atoms with van der Waals surface area (Å²) in [5.74, 6) is 1.56. The highest BCUT2D eigenvalue weighted by molar-refractivity contribution is 7.99. The first-order chi connectivity index (χ1) is 16.6. The lowest BCUT2D eigenvalue weighted by Gasteiger charge is -2.11. The molecule has 0 saturated heterocycles. The van der Waals surface area contributed by atoms with Crippen LogP contribution in [0.4, 0.5) is 0 Å². The number of benzene rings is 3. The fourth-order valence-electron chi connectivity index (χ4n) is 3.63. The van der Waals surface area contributed by atoms with Gasteiger partial charge in [-0.15, -0.1) is 10.2 Å². The summed E-state index contributed by atoms with van der Waals surface area (Å²) in [5.41, 5.74) is 2.33. The van der Waals surface area contributed by atoms with Crippen molar-refractivity contribution in [1.82, 2.24) is 19.3 Å². The maximum atomic E-state index is 12.7. The molecule has 9 heteroatoms. The average molecular weight is 489 g/mol. The van der Waals surface area contributed by atoms with Gasteiger partial charge in [-0.1, -0.05) is 65.6 Å². The third-order valence-corrected chi connectivity index (χ3v) is 7.22. The van der Waals surface area contributed by atoms with Crippen LogP contribution in [0.1, 0.15) is 16.2 Å². The van der Waals surface area contributed by atoms with Crippen molar-refractivity contribution in [2.24, 2.45) is 0 Å². The third-order valence-electron chi connectivity index (χ3n) is 5.33. The second-order valence-electron chi connectivity index (χ2n) is 7.43. The van der Waals surface area contributed by atoms with Gasteiger partial charge in [0.05, 0.1) is 29.6 Å². The number of methoxy groups -OCH3 is 1. The Morgan fingerprint density at radius 3 is 2.47 bits per heavy atom. The molecule has 0 radical (unpaired) electrons. The number of ketones is 1. The SMILES string of the molecule is COc1ccc(-n2c(Cn3c(=O)sc4ccccc43)nnc2SCC(=O)c2ccccc2)cc1. The van der Waals surface area contributed by atoms with Crippen molar-refractivity contribution in [1.29, 1.82) is 0 Å². The van der Waals surface area contributed by atoms with Gasteiger partial charge in [0.2, 0.25) is 0 Å². The highest BCUT2D eigenvalue weighted by atomic mass is 32.2. The Labute approximate surface area is 203 Å². The zero-order valence-corrected chi connectivity index (χ0v) is 19.9. The molecule has 0 unspecified atom stereocenters. The van der Waals surface area contributed by atoms with Crippen LogP contribution in [0.3, 0.4) is 0 Å². The quantitative estimate of drug-likeness (QED) is 0.233. The fraction of sp³-hybridized carbons (Fsp3) is 0.120. The predicted octanol–water partition coefficient (Wildman–Crippen LogP) is 4.68. The summed E-state index contributed by atoms with van der Waals surface area (Å²) < 4.78 is 9.80. The first-order valence-corrected chi connectivity index (χ1v) is 12.3. The second-order valence-corrected chi connectivity index (χ2v) is 9.37. The van der Waals surface area contributed by atoms with Gasteiger partial charge in [-0.3, -0.25) is 18.7 Å². The number of para-hydroxylation sites is 1. The van der Waals surface area contributed by atoms with Crippen LogP contribution in [0.15, 0.2) is 88.8 Å². The second kappa shape index (κ2) is 9.66. The van der Waals surface area contributed by atoms with Crippen LogP contribution in [0.25, 0.3) is 15.9 Å². The Kier molecular flexibility index (Phi) is 6.29. The minimum atomic E-state index is -0.0565. The van der Waals surface area contributed by atoms with Crippen LogP contribution < -0.4 is 9.61 Å². The van der Waals surface area contributed by atoms with Gasteiger partial charge in [0.1, 0.15) is 5.75 Å². The minimum Gasteiger partial charge on any atom is -0.497 e. The Balaban J connectivity index is 1.51. The summed E-state index contributed by atoms with van der Waals surface area (Å²) in [6.45, 7) is 0.259. The molecule has 0 N–H and O–H groups in total. The number of fused-ring (bicyclic) bond motifs is 1. The van der Waals surface area contributed by atoms with E-state index in [1.165, 1.54) is 23.1 Å². The van der Waals surface area contributed by atoms with Crippen LogP contribution in [0.2, 0.25) is 0 Å². The molecule has 0 aliphatic carbocycles. The van der Waals surface area contributed by atoms with Gasteiger partial charge in [-0.25, -0.2) is 0 Å². The predicted molar refractivity (Wildman–Crippen MR) is 135 cm³/mol. The molecule has 0 aliphatic rings. The summed E-state index contributed by atoms with van der Waals surface area (Å²) in [7, 11) is 1.61. The highest BCUT2D eigenvalue weighted by Crippen LogP contribution is 2.26. The lowest BCUT2D eigenvalue weighted by molar-refractivity contribution is 0.102. The molecular weight excluding hydrogens is 468 g/mol. The Bertz CT molecular complexity index is 1510. The van der Waals surface area contributed by atoms with E-state index >= 15 is 0 Å². The van der Waals surface area contributed by atoms with Crippen molar-refractivity contribution in [3.63, 3.8) is 0 Å². The number of hydrogen-bond acceptors (Lipinski definition) is 7. The molecule has 170 valence electrons. The van der Waals surface area contributed by atoms with E-state index in [4.69, 9.17) is 4.74 Å². The monoisotopic (exact) mass is 488 g/mol. The maximum Gasteiger partial charge on any atom is 0.308 e. The van der Waals surface area contributed by atoms with E-state index in [0.29, 0.717) is 16.5 Å². The molecule has 0 spiro atoms. The minimum absolute atomic E-state index is 0.0106. The standard InChI is InChI=1S/C25H20N4O3S2/c1-32-19-13-11-18(12-14-19)29-23(15-28-20-9-5-6-10-22(20)34-25(28)31)26-27-24(29)33-16-21(30)17-7-3-2-4-8-17/h2-14H,15-16H2,1H3. The van der Waals surface area contributed by atoms with Crippen LogP contribution >= 0.6 is 23.1 Å². The number of rotatable bonds is 8. The molecule has 0 aliphatic heterocycles. The number of carbonyl (C=O) groups excluding carboxylic acids is 1. The molecule has 5 aromatic rings. The first kappa shape index (κ1) is 22.1. The normalized spacial score (nSPS) is 11.1. The van der Waals surface area contributed by atoms with E-state index < -0.39 is 0 Å². The van der Waals surface area contributed by atoms with Crippen LogP contribution in [0, 0.1) is 0 Å². The highest BCUT2D eigenvalue weighted by Gasteiger charge is 2.19. The van der Waals surface area contributed by atoms with Crippen LogP contribution in [-0.4, -0.2) is 38.0 Å². The zero-order valence-electron chi connectivity index (χ0n) is 18.2. The lowest BCUT2D eigenvalue weighted by atomic mass is 10.2. The van der Waals surface area contributed by atoms with Crippen molar-refractivity contribution < 1.29 is 9.53 Å². The molecule has 5 rings (SSSR count). The molecule has 3 aromatic carbocycles. The molecule has 0 atom stereocenters. The number of hydrogen-bond donors (Lipinski definition) is 0. The molecule has 0 saturated carbocycles. The molecule has 7 nitrogen and oxygen atoms in total. The summed E-state index contributed by atoms with van der Waals surface area (Å²) in [4.78, 5) is 25.3. The molecule has 0 amide bonds. The smallest absolute Gasteiger partial charge is 0.308 e. The average Bonchev–Trinajstić information content (AvgIpc) is 3.43. The summed E-state index contributed by atoms with van der Waals surface area (Å²) >= 11 is 2.53. The molecule has 0 bridgehead atoms. The van der Waals surface area contributed by atoms with Gasteiger partial charge < -0.3 is 4.74 Å². The van der Waals surface area contributed by atoms with Gasteiger partial charge in [0.25, 0.3) is 0 Å². The fourth-order valence-corrected chi connectivity index (χ4v) is 5.39. The number of carbonyl (C=O) groups is 1. The maximum absolute atomic E-state index is 12.7. The van der Waals surface area contributed by atoms with E-state index in [0.717, 1.165) is 21.7 Å². The van der Waals surface area contributed by atoms with Crippen molar-refractivity contribution in [2.45, 2.75) is 11.7 Å². The Hall–Kier alpha value is -3.69. The van der Waals surface area contributed by atoms with Gasteiger partial charge >= 0.3 is 4.87 Å². The topological polar surface area (TPSA) is 79.0 Å². The third kappa shape index (κ3) is 4.40. The first-order valence-electron chi connectivity index (χ1n) is 10.5. The van der Waals surface area contributed by atoms with Gasteiger partial charge in [0.15, 0.2) is 16.8 Å². The molecule has 2 heterocycles. The Morgan fingerprint density at radius 1 is 0.971 bits per heavy atom. The Morgan fingerprint density at radius 2 is 1.71 bits per heavy atom. The summed E-state index contributed by atoms with van der Waals surface area (Å²) in [6.07, 6.45) is 0. The lowest BCUT2D eigenvalue weighted by Crippen LogP contribution is -2.17. The number of aromatic nitrogens is 4. The summed E-state index contributed by atoms with van der Waals surface area (Å²) in [6, 6.07) is 24.4. The van der Waals surface area contributed by atoms with E-state index in [1.807, 2.05) is 71.3 Å².